The number of hydrogen-bond donors (Lipinski definition) is 0. The SMILES string of the molecule is Fc1ccc(N2CCOc3ccccc32)cc1Cl. The van der Waals surface area contributed by atoms with E-state index in [2.05, 4.69) is 4.90 Å². The van der Waals surface area contributed by atoms with E-state index in [9.17, 15) is 4.39 Å². The van der Waals surface area contributed by atoms with Crippen molar-refractivity contribution in [3.63, 3.8) is 0 Å². The van der Waals surface area contributed by atoms with Gasteiger partial charge in [-0.2, -0.15) is 0 Å². The van der Waals surface area contributed by atoms with Crippen LogP contribution >= 0.6 is 11.6 Å². The predicted molar refractivity (Wildman–Crippen MR) is 70.4 cm³/mol. The van der Waals surface area contributed by atoms with Crippen LogP contribution in [-0.2, 0) is 0 Å². The minimum Gasteiger partial charge on any atom is -0.490 e. The fraction of sp³-hybridized carbons (Fsp3) is 0.143. The molecule has 0 aromatic heterocycles. The van der Waals surface area contributed by atoms with Crippen molar-refractivity contribution in [3.05, 3.63) is 53.3 Å². The van der Waals surface area contributed by atoms with E-state index in [1.165, 1.54) is 6.07 Å². The zero-order valence-electron chi connectivity index (χ0n) is 9.57. The van der Waals surface area contributed by atoms with Crippen molar-refractivity contribution in [2.45, 2.75) is 0 Å². The first-order valence-electron chi connectivity index (χ1n) is 5.70. The van der Waals surface area contributed by atoms with E-state index in [0.717, 1.165) is 23.7 Å². The summed E-state index contributed by atoms with van der Waals surface area (Å²) in [4.78, 5) is 2.07. The molecule has 0 bridgehead atoms. The van der Waals surface area contributed by atoms with Gasteiger partial charge in [-0.25, -0.2) is 4.39 Å². The lowest BCUT2D eigenvalue weighted by molar-refractivity contribution is 0.314. The highest BCUT2D eigenvalue weighted by molar-refractivity contribution is 6.31. The number of ether oxygens (including phenoxy) is 1. The smallest absolute Gasteiger partial charge is 0.143 e. The highest BCUT2D eigenvalue weighted by atomic mass is 35.5. The van der Waals surface area contributed by atoms with Crippen LogP contribution in [0.25, 0.3) is 0 Å². The van der Waals surface area contributed by atoms with Crippen LogP contribution in [-0.4, -0.2) is 13.2 Å². The third kappa shape index (κ3) is 1.91. The molecule has 4 heteroatoms. The summed E-state index contributed by atoms with van der Waals surface area (Å²) in [5.74, 6) is 0.436. The third-order valence-corrected chi connectivity index (χ3v) is 3.23. The van der Waals surface area contributed by atoms with Crippen LogP contribution in [0.3, 0.4) is 0 Å². The molecular weight excluding hydrogens is 253 g/mol. The molecule has 0 fully saturated rings. The molecule has 0 aliphatic carbocycles. The molecule has 0 N–H and O–H groups in total. The third-order valence-electron chi connectivity index (χ3n) is 2.94. The summed E-state index contributed by atoms with van der Waals surface area (Å²) < 4.78 is 18.8. The van der Waals surface area contributed by atoms with Crippen LogP contribution in [0.4, 0.5) is 15.8 Å². The van der Waals surface area contributed by atoms with E-state index in [4.69, 9.17) is 16.3 Å². The van der Waals surface area contributed by atoms with Gasteiger partial charge in [0.1, 0.15) is 18.2 Å². The van der Waals surface area contributed by atoms with E-state index in [1.807, 2.05) is 24.3 Å². The fourth-order valence-electron chi connectivity index (χ4n) is 2.09. The molecule has 3 rings (SSSR count). The molecule has 0 amide bonds. The van der Waals surface area contributed by atoms with Gasteiger partial charge in [-0.15, -0.1) is 0 Å². The van der Waals surface area contributed by atoms with Crippen LogP contribution < -0.4 is 9.64 Å². The maximum absolute atomic E-state index is 13.2. The number of nitrogens with zero attached hydrogens (tertiary/aromatic N) is 1. The molecule has 1 heterocycles. The van der Waals surface area contributed by atoms with Gasteiger partial charge in [0.25, 0.3) is 0 Å². The second-order valence-corrected chi connectivity index (χ2v) is 4.47. The summed E-state index contributed by atoms with van der Waals surface area (Å²) in [6, 6.07) is 12.5. The minimum absolute atomic E-state index is 0.136. The zero-order chi connectivity index (χ0) is 12.5. The molecule has 92 valence electrons. The summed E-state index contributed by atoms with van der Waals surface area (Å²) in [6.07, 6.45) is 0. The lowest BCUT2D eigenvalue weighted by Gasteiger charge is -2.31. The van der Waals surface area contributed by atoms with Crippen LogP contribution in [0.15, 0.2) is 42.5 Å². The number of hydrogen-bond acceptors (Lipinski definition) is 2. The second kappa shape index (κ2) is 4.50. The molecule has 0 saturated carbocycles. The van der Waals surface area contributed by atoms with Crippen LogP contribution in [0.1, 0.15) is 0 Å². The Kier molecular flexibility index (Phi) is 2.84. The quantitative estimate of drug-likeness (QED) is 0.771. The molecular formula is C14H11ClFNO. The van der Waals surface area contributed by atoms with Gasteiger partial charge in [-0.05, 0) is 30.3 Å². The van der Waals surface area contributed by atoms with Crippen LogP contribution in [0.2, 0.25) is 5.02 Å². The van der Waals surface area contributed by atoms with Gasteiger partial charge in [0, 0.05) is 5.69 Å². The fourth-order valence-corrected chi connectivity index (χ4v) is 2.27. The minimum atomic E-state index is -0.401. The first-order valence-corrected chi connectivity index (χ1v) is 6.08. The largest absolute Gasteiger partial charge is 0.490 e. The van der Waals surface area contributed by atoms with Gasteiger partial charge >= 0.3 is 0 Å². The summed E-state index contributed by atoms with van der Waals surface area (Å²) >= 11 is 5.83. The maximum Gasteiger partial charge on any atom is 0.143 e. The van der Waals surface area contributed by atoms with Crippen molar-refractivity contribution in [2.75, 3.05) is 18.1 Å². The lowest BCUT2D eigenvalue weighted by atomic mass is 10.2. The van der Waals surface area contributed by atoms with Crippen molar-refractivity contribution in [1.29, 1.82) is 0 Å². The Bertz CT molecular complexity index is 588. The number of fused-ring (bicyclic) bond motifs is 1. The molecule has 1 aliphatic rings. The van der Waals surface area contributed by atoms with E-state index in [1.54, 1.807) is 12.1 Å². The topological polar surface area (TPSA) is 12.5 Å². The Labute approximate surface area is 110 Å². The van der Waals surface area contributed by atoms with Crippen molar-refractivity contribution >= 4 is 23.0 Å². The van der Waals surface area contributed by atoms with Crippen LogP contribution in [0, 0.1) is 5.82 Å². The normalized spacial score (nSPS) is 14.0. The number of anilines is 2. The molecule has 2 aromatic rings. The molecule has 0 saturated heterocycles. The molecule has 0 unspecified atom stereocenters. The summed E-state index contributed by atoms with van der Waals surface area (Å²) in [5, 5.41) is 0.136. The van der Waals surface area contributed by atoms with Gasteiger partial charge in [0.2, 0.25) is 0 Å². The molecule has 0 spiro atoms. The molecule has 1 aliphatic heterocycles. The summed E-state index contributed by atoms with van der Waals surface area (Å²) in [5.41, 5.74) is 1.85. The maximum atomic E-state index is 13.2. The van der Waals surface area contributed by atoms with Crippen molar-refractivity contribution in [2.24, 2.45) is 0 Å². The van der Waals surface area contributed by atoms with Gasteiger partial charge in [-0.1, -0.05) is 23.7 Å². The lowest BCUT2D eigenvalue weighted by Crippen LogP contribution is -2.28. The van der Waals surface area contributed by atoms with E-state index in [0.29, 0.717) is 6.61 Å². The molecule has 2 nitrogen and oxygen atoms in total. The molecule has 18 heavy (non-hydrogen) atoms. The second-order valence-electron chi connectivity index (χ2n) is 4.07. The standard InChI is InChI=1S/C14H11ClFNO/c15-11-9-10(5-6-12(11)16)17-7-8-18-14-4-2-1-3-13(14)17/h1-6,9H,7-8H2. The van der Waals surface area contributed by atoms with Crippen molar-refractivity contribution < 1.29 is 9.13 Å². The zero-order valence-corrected chi connectivity index (χ0v) is 10.3. The van der Waals surface area contributed by atoms with Gasteiger partial charge in [0.05, 0.1) is 17.3 Å². The molecule has 0 radical (unpaired) electrons. The Morgan fingerprint density at radius 2 is 2.00 bits per heavy atom. The first kappa shape index (κ1) is 11.4. The number of halogens is 2. The average molecular weight is 264 g/mol. The Morgan fingerprint density at radius 3 is 2.83 bits per heavy atom. The Morgan fingerprint density at radius 1 is 1.17 bits per heavy atom. The predicted octanol–water partition coefficient (Wildman–Crippen LogP) is 4.01. The first-order chi connectivity index (χ1) is 8.75. The van der Waals surface area contributed by atoms with Crippen molar-refractivity contribution in [1.82, 2.24) is 0 Å². The monoisotopic (exact) mass is 263 g/mol. The summed E-state index contributed by atoms with van der Waals surface area (Å²) in [6.45, 7) is 1.32. The van der Waals surface area contributed by atoms with Gasteiger partial charge in [-0.3, -0.25) is 0 Å². The summed E-state index contributed by atoms with van der Waals surface area (Å²) in [7, 11) is 0. The van der Waals surface area contributed by atoms with Gasteiger partial charge in [0.15, 0.2) is 0 Å². The average Bonchev–Trinajstić information content (AvgIpc) is 2.41. The number of rotatable bonds is 1. The van der Waals surface area contributed by atoms with E-state index in [-0.39, 0.29) is 5.02 Å². The van der Waals surface area contributed by atoms with Crippen LogP contribution in [0.5, 0.6) is 5.75 Å². The molecule has 0 atom stereocenters. The highest BCUT2D eigenvalue weighted by Gasteiger charge is 2.19. The number of benzene rings is 2. The molecule has 2 aromatic carbocycles. The van der Waals surface area contributed by atoms with Crippen molar-refractivity contribution in [3.8, 4) is 5.75 Å². The number of para-hydroxylation sites is 2. The van der Waals surface area contributed by atoms with E-state index >= 15 is 0 Å². The highest BCUT2D eigenvalue weighted by Crippen LogP contribution is 2.37. The van der Waals surface area contributed by atoms with E-state index < -0.39 is 5.82 Å². The van der Waals surface area contributed by atoms with Gasteiger partial charge < -0.3 is 9.64 Å². The Balaban J connectivity index is 2.05. The Hall–Kier alpha value is -1.74.